The van der Waals surface area contributed by atoms with Crippen molar-refractivity contribution < 1.29 is 23.7 Å². The summed E-state index contributed by atoms with van der Waals surface area (Å²) in [6.07, 6.45) is 5.33. The van der Waals surface area contributed by atoms with Gasteiger partial charge in [0.05, 0.1) is 6.10 Å². The Morgan fingerprint density at radius 2 is 2.05 bits per heavy atom. The van der Waals surface area contributed by atoms with Gasteiger partial charge in [0.25, 0.3) is 0 Å². The molecule has 21 heavy (non-hydrogen) atoms. The van der Waals surface area contributed by atoms with E-state index in [1.54, 1.807) is 0 Å². The van der Waals surface area contributed by atoms with Gasteiger partial charge in [-0.25, -0.2) is 0 Å². The number of carbonyl (C=O) groups excluding carboxylic acids is 1. The zero-order valence-electron chi connectivity index (χ0n) is 13.4. The molecule has 0 aromatic rings. The van der Waals surface area contributed by atoms with Crippen LogP contribution in [0.4, 0.5) is 0 Å². The number of ether oxygens (including phenoxy) is 4. The standard InChI is InChI=1S/C16H28O5/c1-4-5-6-7-8-14(17)19-11-13-15-12(9-10-18-13)20-16(2,3)21-15/h12-13,15H,4-11H2,1-3H3/t12-,13-,15-/m1/s1. The van der Waals surface area contributed by atoms with Crippen molar-refractivity contribution in [3.63, 3.8) is 0 Å². The molecule has 2 heterocycles. The van der Waals surface area contributed by atoms with E-state index in [2.05, 4.69) is 6.92 Å². The molecule has 0 aliphatic carbocycles. The number of hydrogen-bond donors (Lipinski definition) is 0. The summed E-state index contributed by atoms with van der Waals surface area (Å²) in [5.41, 5.74) is 0. The summed E-state index contributed by atoms with van der Waals surface area (Å²) in [5.74, 6) is -0.721. The molecule has 122 valence electrons. The highest BCUT2D eigenvalue weighted by atomic mass is 16.8. The van der Waals surface area contributed by atoms with Gasteiger partial charge in [0.15, 0.2) is 5.79 Å². The quantitative estimate of drug-likeness (QED) is 0.534. The predicted molar refractivity (Wildman–Crippen MR) is 77.9 cm³/mol. The van der Waals surface area contributed by atoms with Crippen molar-refractivity contribution in [3.8, 4) is 0 Å². The summed E-state index contributed by atoms with van der Waals surface area (Å²) in [5, 5.41) is 0. The van der Waals surface area contributed by atoms with Crippen molar-refractivity contribution in [3.05, 3.63) is 0 Å². The van der Waals surface area contributed by atoms with Crippen LogP contribution in [0.1, 0.15) is 59.3 Å². The van der Waals surface area contributed by atoms with E-state index >= 15 is 0 Å². The highest BCUT2D eigenvalue weighted by molar-refractivity contribution is 5.69. The lowest BCUT2D eigenvalue weighted by atomic mass is 10.0. The second kappa shape index (κ2) is 7.56. The van der Waals surface area contributed by atoms with Crippen LogP contribution in [0.5, 0.6) is 0 Å². The van der Waals surface area contributed by atoms with Crippen molar-refractivity contribution >= 4 is 5.97 Å². The minimum atomic E-state index is -0.578. The van der Waals surface area contributed by atoms with E-state index in [4.69, 9.17) is 18.9 Å². The van der Waals surface area contributed by atoms with Crippen LogP contribution < -0.4 is 0 Å². The molecular formula is C16H28O5. The minimum absolute atomic E-state index is 0.0435. The van der Waals surface area contributed by atoms with Gasteiger partial charge in [-0.2, -0.15) is 0 Å². The Morgan fingerprint density at radius 1 is 1.24 bits per heavy atom. The van der Waals surface area contributed by atoms with Gasteiger partial charge in [-0.05, 0) is 26.7 Å². The predicted octanol–water partition coefficient (Wildman–Crippen LogP) is 2.81. The van der Waals surface area contributed by atoms with E-state index in [1.165, 1.54) is 12.8 Å². The van der Waals surface area contributed by atoms with Crippen molar-refractivity contribution in [2.75, 3.05) is 13.2 Å². The summed E-state index contributed by atoms with van der Waals surface area (Å²) in [6.45, 7) is 6.84. The van der Waals surface area contributed by atoms with Crippen molar-refractivity contribution in [1.82, 2.24) is 0 Å². The zero-order chi connectivity index (χ0) is 15.3. The molecule has 0 spiro atoms. The fraction of sp³-hybridized carbons (Fsp3) is 0.938. The van der Waals surface area contributed by atoms with Gasteiger partial charge < -0.3 is 18.9 Å². The van der Waals surface area contributed by atoms with Gasteiger partial charge in [0, 0.05) is 13.0 Å². The van der Waals surface area contributed by atoms with E-state index in [9.17, 15) is 4.79 Å². The van der Waals surface area contributed by atoms with E-state index in [0.29, 0.717) is 13.0 Å². The van der Waals surface area contributed by atoms with Gasteiger partial charge in [-0.3, -0.25) is 4.79 Å². The van der Waals surface area contributed by atoms with E-state index in [0.717, 1.165) is 19.3 Å². The smallest absolute Gasteiger partial charge is 0.305 e. The fourth-order valence-corrected chi connectivity index (χ4v) is 2.92. The van der Waals surface area contributed by atoms with Crippen LogP contribution in [0.15, 0.2) is 0 Å². The van der Waals surface area contributed by atoms with Crippen molar-refractivity contribution in [2.45, 2.75) is 83.4 Å². The van der Waals surface area contributed by atoms with Crippen LogP contribution in [0, 0.1) is 0 Å². The van der Waals surface area contributed by atoms with Gasteiger partial charge in [0.2, 0.25) is 0 Å². The van der Waals surface area contributed by atoms with Crippen LogP contribution in [0.2, 0.25) is 0 Å². The Labute approximate surface area is 127 Å². The number of esters is 1. The molecule has 0 aromatic carbocycles. The molecule has 0 aromatic heterocycles. The SMILES string of the molecule is CCCCCCC(=O)OC[C@H]1OCC[C@H]2OC(C)(C)O[C@@H]12. The van der Waals surface area contributed by atoms with Gasteiger partial charge >= 0.3 is 5.97 Å². The van der Waals surface area contributed by atoms with Crippen molar-refractivity contribution in [1.29, 1.82) is 0 Å². The molecule has 2 aliphatic rings. The maximum absolute atomic E-state index is 11.7. The molecule has 3 atom stereocenters. The van der Waals surface area contributed by atoms with Crippen molar-refractivity contribution in [2.24, 2.45) is 0 Å². The maximum Gasteiger partial charge on any atom is 0.305 e. The van der Waals surface area contributed by atoms with E-state index < -0.39 is 5.79 Å². The molecule has 2 rings (SSSR count). The number of rotatable bonds is 7. The number of fused-ring (bicyclic) bond motifs is 1. The Balaban J connectivity index is 1.71. The second-order valence-electron chi connectivity index (χ2n) is 6.33. The normalized spacial score (nSPS) is 30.9. The largest absolute Gasteiger partial charge is 0.463 e. The van der Waals surface area contributed by atoms with Crippen LogP contribution in [0.3, 0.4) is 0 Å². The molecule has 2 aliphatic heterocycles. The molecule has 2 fully saturated rings. The van der Waals surface area contributed by atoms with Crippen LogP contribution in [0.25, 0.3) is 0 Å². The zero-order valence-corrected chi connectivity index (χ0v) is 13.4. The molecule has 0 unspecified atom stereocenters. The Hall–Kier alpha value is -0.650. The third-order valence-corrected chi connectivity index (χ3v) is 3.97. The first-order valence-electron chi connectivity index (χ1n) is 8.14. The summed E-state index contributed by atoms with van der Waals surface area (Å²) < 4.78 is 22.7. The molecule has 5 heteroatoms. The first-order chi connectivity index (χ1) is 10.0. The Morgan fingerprint density at radius 3 is 2.81 bits per heavy atom. The average molecular weight is 300 g/mol. The summed E-state index contributed by atoms with van der Waals surface area (Å²) in [6, 6.07) is 0. The second-order valence-corrected chi connectivity index (χ2v) is 6.33. The Bertz CT molecular complexity index is 342. The number of carbonyl (C=O) groups is 1. The lowest BCUT2D eigenvalue weighted by Gasteiger charge is -2.31. The van der Waals surface area contributed by atoms with Gasteiger partial charge in [0.1, 0.15) is 18.8 Å². The van der Waals surface area contributed by atoms with E-state index in [1.807, 2.05) is 13.8 Å². The topological polar surface area (TPSA) is 54.0 Å². The van der Waals surface area contributed by atoms with Crippen LogP contribution in [-0.4, -0.2) is 43.3 Å². The first-order valence-corrected chi connectivity index (χ1v) is 8.14. The third-order valence-electron chi connectivity index (χ3n) is 3.97. The molecule has 0 bridgehead atoms. The lowest BCUT2D eigenvalue weighted by molar-refractivity contribution is -0.167. The van der Waals surface area contributed by atoms with Crippen LogP contribution in [-0.2, 0) is 23.7 Å². The van der Waals surface area contributed by atoms with Gasteiger partial charge in [-0.15, -0.1) is 0 Å². The molecular weight excluding hydrogens is 272 g/mol. The average Bonchev–Trinajstić information content (AvgIpc) is 2.75. The maximum atomic E-state index is 11.7. The molecule has 2 saturated heterocycles. The monoisotopic (exact) mass is 300 g/mol. The molecule has 5 nitrogen and oxygen atoms in total. The molecule has 0 saturated carbocycles. The first kappa shape index (κ1) is 16.7. The third kappa shape index (κ3) is 4.94. The molecule has 0 radical (unpaired) electrons. The highest BCUT2D eigenvalue weighted by Gasteiger charge is 2.47. The summed E-state index contributed by atoms with van der Waals surface area (Å²) in [4.78, 5) is 11.7. The number of unbranched alkanes of at least 4 members (excludes halogenated alkanes) is 3. The highest BCUT2D eigenvalue weighted by Crippen LogP contribution is 2.35. The molecule has 0 amide bonds. The summed E-state index contributed by atoms with van der Waals surface area (Å²) >= 11 is 0. The number of hydrogen-bond acceptors (Lipinski definition) is 5. The molecule has 0 N–H and O–H groups in total. The van der Waals surface area contributed by atoms with Crippen LogP contribution >= 0.6 is 0 Å². The minimum Gasteiger partial charge on any atom is -0.463 e. The van der Waals surface area contributed by atoms with Gasteiger partial charge in [-0.1, -0.05) is 26.2 Å². The fourth-order valence-electron chi connectivity index (χ4n) is 2.92. The summed E-state index contributed by atoms with van der Waals surface area (Å²) in [7, 11) is 0. The lowest BCUT2D eigenvalue weighted by Crippen LogP contribution is -2.45. The van der Waals surface area contributed by atoms with E-state index in [-0.39, 0.29) is 30.9 Å². The Kier molecular flexibility index (Phi) is 6.02.